The molecule has 22 heavy (non-hydrogen) atoms. The van der Waals surface area contributed by atoms with Crippen LogP contribution in [0.5, 0.6) is 0 Å². The Hall–Kier alpha value is -2.23. The minimum Gasteiger partial charge on any atom is -0.465 e. The van der Waals surface area contributed by atoms with Gasteiger partial charge in [0.25, 0.3) is 0 Å². The van der Waals surface area contributed by atoms with Crippen LogP contribution in [-0.4, -0.2) is 40.5 Å². The van der Waals surface area contributed by atoms with Gasteiger partial charge >= 0.3 is 11.8 Å². The van der Waals surface area contributed by atoms with Crippen LogP contribution in [0.25, 0.3) is 0 Å². The van der Waals surface area contributed by atoms with Gasteiger partial charge in [-0.05, 0) is 45.8 Å². The summed E-state index contributed by atoms with van der Waals surface area (Å²) < 4.78 is 5.45. The summed E-state index contributed by atoms with van der Waals surface area (Å²) in [5.41, 5.74) is -1.16. The molecule has 120 valence electrons. The zero-order valence-electron chi connectivity index (χ0n) is 11.9. The summed E-state index contributed by atoms with van der Waals surface area (Å²) in [6.45, 7) is 3.21. The molecule has 1 heterocycles. The van der Waals surface area contributed by atoms with E-state index in [1.54, 1.807) is 6.92 Å². The van der Waals surface area contributed by atoms with Crippen LogP contribution in [-0.2, 0) is 9.53 Å². The number of pyridine rings is 1. The number of nitro groups is 1. The lowest BCUT2D eigenvalue weighted by molar-refractivity contribution is -0.388. The Morgan fingerprint density at radius 2 is 2.41 bits per heavy atom. The molecule has 10 heteroatoms. The number of rotatable bonds is 7. The Bertz CT molecular complexity index is 595. The molecule has 0 bridgehead atoms. The van der Waals surface area contributed by atoms with Crippen molar-refractivity contribution < 1.29 is 19.7 Å². The second kappa shape index (κ2) is 7.69. The van der Waals surface area contributed by atoms with Gasteiger partial charge in [0, 0.05) is 6.54 Å². The fourth-order valence-corrected chi connectivity index (χ4v) is 1.91. The van der Waals surface area contributed by atoms with Crippen molar-refractivity contribution in [2.75, 3.05) is 18.5 Å². The van der Waals surface area contributed by atoms with E-state index in [4.69, 9.17) is 9.94 Å². The van der Waals surface area contributed by atoms with Gasteiger partial charge in [-0.1, -0.05) is 0 Å². The van der Waals surface area contributed by atoms with E-state index in [1.165, 1.54) is 19.2 Å². The van der Waals surface area contributed by atoms with Crippen LogP contribution in [0, 0.1) is 15.5 Å². The van der Waals surface area contributed by atoms with Crippen LogP contribution < -0.4 is 5.32 Å². The fraction of sp³-hybridized carbons (Fsp3) is 0.417. The predicted molar refractivity (Wildman–Crippen MR) is 82.1 cm³/mol. The van der Waals surface area contributed by atoms with E-state index < -0.39 is 16.3 Å². The van der Waals surface area contributed by atoms with Crippen molar-refractivity contribution >= 4 is 39.6 Å². The summed E-state index contributed by atoms with van der Waals surface area (Å²) in [4.78, 5) is 25.9. The van der Waals surface area contributed by atoms with Crippen molar-refractivity contribution in [1.29, 1.82) is 0 Å². The smallest absolute Gasteiger partial charge is 0.386 e. The minimum atomic E-state index is -1.29. The predicted octanol–water partition coefficient (Wildman–Crippen LogP) is 2.19. The molecule has 1 aromatic heterocycles. The van der Waals surface area contributed by atoms with Crippen molar-refractivity contribution in [2.24, 2.45) is 10.6 Å². The zero-order valence-corrected chi connectivity index (χ0v) is 13.5. The van der Waals surface area contributed by atoms with Gasteiger partial charge in [-0.2, -0.15) is 0 Å². The Balaban J connectivity index is 3.01. The molecular weight excluding hydrogens is 360 g/mol. The quantitative estimate of drug-likeness (QED) is 0.246. The first-order valence-corrected chi connectivity index (χ1v) is 7.03. The van der Waals surface area contributed by atoms with E-state index >= 15 is 0 Å². The first-order valence-electron chi connectivity index (χ1n) is 6.23. The molecule has 1 rings (SSSR count). The van der Waals surface area contributed by atoms with E-state index in [0.29, 0.717) is 4.47 Å². The van der Waals surface area contributed by atoms with Crippen LogP contribution in [0.1, 0.15) is 13.8 Å². The number of aromatic nitrogens is 1. The Labute approximate surface area is 134 Å². The molecule has 0 aliphatic heterocycles. The Kier molecular flexibility index (Phi) is 6.23. The normalized spacial score (nSPS) is 13.6. The van der Waals surface area contributed by atoms with Gasteiger partial charge in [-0.15, -0.1) is 5.16 Å². The molecule has 0 radical (unpaired) electrons. The first kappa shape index (κ1) is 17.8. The molecule has 9 nitrogen and oxygen atoms in total. The molecule has 0 saturated heterocycles. The lowest BCUT2D eigenvalue weighted by Gasteiger charge is -2.22. The van der Waals surface area contributed by atoms with Gasteiger partial charge in [-0.25, -0.2) is 0 Å². The SMILES string of the molecule is CCOC(=O)C(C)(C=NO)CNc1cc(Br)cnc1[N+](=O)[O-]. The number of halogens is 1. The van der Waals surface area contributed by atoms with Crippen LogP contribution >= 0.6 is 15.9 Å². The fourth-order valence-electron chi connectivity index (χ4n) is 1.58. The number of ether oxygens (including phenoxy) is 1. The average Bonchev–Trinajstić information content (AvgIpc) is 2.45. The number of carbonyl (C=O) groups excluding carboxylic acids is 1. The van der Waals surface area contributed by atoms with Crippen molar-refractivity contribution in [2.45, 2.75) is 13.8 Å². The zero-order chi connectivity index (χ0) is 16.8. The first-order chi connectivity index (χ1) is 10.3. The largest absolute Gasteiger partial charge is 0.465 e. The number of oxime groups is 1. The maximum absolute atomic E-state index is 11.9. The Morgan fingerprint density at radius 3 is 2.95 bits per heavy atom. The van der Waals surface area contributed by atoms with E-state index in [9.17, 15) is 14.9 Å². The number of nitrogens with zero attached hydrogens (tertiary/aromatic N) is 3. The van der Waals surface area contributed by atoms with Gasteiger partial charge in [0.05, 0.1) is 17.3 Å². The summed E-state index contributed by atoms with van der Waals surface area (Å²) in [6, 6.07) is 1.47. The van der Waals surface area contributed by atoms with E-state index in [2.05, 4.69) is 31.4 Å². The maximum atomic E-state index is 11.9. The van der Waals surface area contributed by atoms with Gasteiger partial charge in [-0.3, -0.25) is 4.79 Å². The molecule has 1 aromatic rings. The van der Waals surface area contributed by atoms with Gasteiger partial charge in [0.15, 0.2) is 6.20 Å². The van der Waals surface area contributed by atoms with Crippen LogP contribution in [0.3, 0.4) is 0 Å². The number of esters is 1. The molecule has 1 unspecified atom stereocenters. The highest BCUT2D eigenvalue weighted by atomic mass is 79.9. The van der Waals surface area contributed by atoms with Crippen molar-refractivity contribution in [3.05, 3.63) is 26.9 Å². The van der Waals surface area contributed by atoms with E-state index in [1.807, 2.05) is 0 Å². The van der Waals surface area contributed by atoms with Gasteiger partial charge in [0.2, 0.25) is 0 Å². The number of hydrogen-bond acceptors (Lipinski definition) is 8. The number of hydrogen-bond donors (Lipinski definition) is 2. The molecule has 0 aliphatic carbocycles. The standard InChI is InChI=1S/C12H15BrN4O5/c1-3-22-11(18)12(2,7-16-19)6-15-9-4-8(13)5-14-10(9)17(20)21/h4-5,7,15,19H,3,6H2,1-2H3. The molecular formula is C12H15BrN4O5. The monoisotopic (exact) mass is 374 g/mol. The third kappa shape index (κ3) is 4.38. The molecule has 0 amide bonds. The van der Waals surface area contributed by atoms with Crippen LogP contribution in [0.15, 0.2) is 21.9 Å². The second-order valence-electron chi connectivity index (χ2n) is 4.52. The molecule has 0 aliphatic rings. The van der Waals surface area contributed by atoms with E-state index in [-0.39, 0.29) is 24.7 Å². The average molecular weight is 375 g/mol. The number of nitrogens with one attached hydrogen (secondary N) is 1. The number of carbonyl (C=O) groups is 1. The summed E-state index contributed by atoms with van der Waals surface area (Å²) in [5.74, 6) is -0.999. The van der Waals surface area contributed by atoms with Gasteiger partial charge < -0.3 is 25.4 Å². The topological polar surface area (TPSA) is 127 Å². The lowest BCUT2D eigenvalue weighted by Crippen LogP contribution is -2.38. The molecule has 1 atom stereocenters. The van der Waals surface area contributed by atoms with Crippen LogP contribution in [0.2, 0.25) is 0 Å². The number of anilines is 1. The Morgan fingerprint density at radius 1 is 1.73 bits per heavy atom. The molecule has 2 N–H and O–H groups in total. The highest BCUT2D eigenvalue weighted by molar-refractivity contribution is 9.10. The molecule has 0 fully saturated rings. The highest BCUT2D eigenvalue weighted by Gasteiger charge is 2.34. The summed E-state index contributed by atoms with van der Waals surface area (Å²) >= 11 is 3.17. The van der Waals surface area contributed by atoms with Crippen molar-refractivity contribution in [3.8, 4) is 0 Å². The van der Waals surface area contributed by atoms with E-state index in [0.717, 1.165) is 6.21 Å². The van der Waals surface area contributed by atoms with Crippen molar-refractivity contribution in [3.63, 3.8) is 0 Å². The molecule has 0 saturated carbocycles. The van der Waals surface area contributed by atoms with Gasteiger partial charge in [0.1, 0.15) is 11.1 Å². The molecule has 0 spiro atoms. The maximum Gasteiger partial charge on any atom is 0.386 e. The third-order valence-electron chi connectivity index (χ3n) is 2.74. The summed E-state index contributed by atoms with van der Waals surface area (Å²) in [7, 11) is 0. The summed E-state index contributed by atoms with van der Waals surface area (Å²) in [5, 5.41) is 25.3. The minimum absolute atomic E-state index is 0.0745. The summed E-state index contributed by atoms with van der Waals surface area (Å²) in [6.07, 6.45) is 2.30. The third-order valence-corrected chi connectivity index (χ3v) is 3.17. The lowest BCUT2D eigenvalue weighted by atomic mass is 9.92. The van der Waals surface area contributed by atoms with Crippen molar-refractivity contribution in [1.82, 2.24) is 4.98 Å². The molecule has 0 aromatic carbocycles. The van der Waals surface area contributed by atoms with Crippen LogP contribution in [0.4, 0.5) is 11.5 Å². The highest BCUT2D eigenvalue weighted by Crippen LogP contribution is 2.27. The second-order valence-corrected chi connectivity index (χ2v) is 5.43.